The second-order valence-corrected chi connectivity index (χ2v) is 5.19. The van der Waals surface area contributed by atoms with Gasteiger partial charge in [0.15, 0.2) is 5.69 Å². The zero-order valence-corrected chi connectivity index (χ0v) is 12.8. The molecule has 0 saturated carbocycles. The van der Waals surface area contributed by atoms with Gasteiger partial charge in [-0.25, -0.2) is 0 Å². The van der Waals surface area contributed by atoms with Crippen LogP contribution in [0.15, 0.2) is 61.1 Å². The van der Waals surface area contributed by atoms with Gasteiger partial charge in [-0.15, -0.1) is 5.10 Å². The van der Waals surface area contributed by atoms with E-state index in [2.05, 4.69) is 15.2 Å². The average molecular weight is 307 g/mol. The summed E-state index contributed by atoms with van der Waals surface area (Å²) in [4.78, 5) is 19.5. The Balaban J connectivity index is 1.65. The number of para-hydroxylation sites is 1. The fourth-order valence-corrected chi connectivity index (χ4v) is 2.19. The summed E-state index contributed by atoms with van der Waals surface area (Å²) in [6.07, 6.45) is 5.78. The minimum absolute atomic E-state index is 0.138. The van der Waals surface area contributed by atoms with Crippen LogP contribution < -0.4 is 0 Å². The lowest BCUT2D eigenvalue weighted by Crippen LogP contribution is -2.29. The van der Waals surface area contributed by atoms with Crippen LogP contribution in [-0.4, -0.2) is 44.4 Å². The number of benzene rings is 1. The molecule has 0 N–H and O–H groups in total. The van der Waals surface area contributed by atoms with E-state index in [1.165, 1.54) is 11.0 Å². The van der Waals surface area contributed by atoms with Gasteiger partial charge >= 0.3 is 0 Å². The zero-order chi connectivity index (χ0) is 16.1. The lowest BCUT2D eigenvalue weighted by molar-refractivity contribution is 0.0790. The normalized spacial score (nSPS) is 10.5. The van der Waals surface area contributed by atoms with Gasteiger partial charge in [0.05, 0.1) is 11.9 Å². The summed E-state index contributed by atoms with van der Waals surface area (Å²) in [5.74, 6) is -0.138. The fraction of sp³-hybridized carbons (Fsp3) is 0.176. The van der Waals surface area contributed by atoms with Crippen molar-refractivity contribution >= 4 is 5.91 Å². The predicted molar refractivity (Wildman–Crippen MR) is 86.3 cm³/mol. The van der Waals surface area contributed by atoms with Crippen molar-refractivity contribution < 1.29 is 4.79 Å². The molecule has 0 radical (unpaired) electrons. The highest BCUT2D eigenvalue weighted by Gasteiger charge is 2.16. The standard InChI is InChI=1S/C17H17N5O/c1-21(12-9-14-7-10-18-11-8-14)17(23)16-13-19-22(20-16)15-5-3-2-4-6-15/h2-8,10-11,13H,9,12H2,1H3. The van der Waals surface area contributed by atoms with Crippen LogP contribution in [0.5, 0.6) is 0 Å². The maximum absolute atomic E-state index is 12.4. The number of rotatable bonds is 5. The van der Waals surface area contributed by atoms with Crippen molar-refractivity contribution in [2.45, 2.75) is 6.42 Å². The first-order valence-corrected chi connectivity index (χ1v) is 7.36. The number of hydrogen-bond donors (Lipinski definition) is 0. The first-order valence-electron chi connectivity index (χ1n) is 7.36. The van der Waals surface area contributed by atoms with Crippen LogP contribution in [-0.2, 0) is 6.42 Å². The number of aromatic nitrogens is 4. The van der Waals surface area contributed by atoms with Gasteiger partial charge < -0.3 is 4.90 Å². The molecule has 0 aliphatic heterocycles. The molecule has 0 saturated heterocycles. The van der Waals surface area contributed by atoms with Gasteiger partial charge in [0.1, 0.15) is 0 Å². The highest BCUT2D eigenvalue weighted by Crippen LogP contribution is 2.06. The number of likely N-dealkylation sites (N-methyl/N-ethyl adjacent to an activating group) is 1. The van der Waals surface area contributed by atoms with E-state index < -0.39 is 0 Å². The number of carbonyl (C=O) groups is 1. The molecular formula is C17H17N5O. The summed E-state index contributed by atoms with van der Waals surface area (Å²) in [6.45, 7) is 0.612. The fourth-order valence-electron chi connectivity index (χ4n) is 2.19. The first-order chi connectivity index (χ1) is 11.2. The zero-order valence-electron chi connectivity index (χ0n) is 12.8. The molecule has 0 atom stereocenters. The van der Waals surface area contributed by atoms with Gasteiger partial charge in [0.2, 0.25) is 0 Å². The van der Waals surface area contributed by atoms with E-state index in [0.29, 0.717) is 12.2 Å². The molecule has 1 amide bonds. The van der Waals surface area contributed by atoms with Crippen LogP contribution in [0.25, 0.3) is 5.69 Å². The highest BCUT2D eigenvalue weighted by molar-refractivity contribution is 5.91. The molecule has 0 unspecified atom stereocenters. The molecule has 0 fully saturated rings. The molecule has 6 nitrogen and oxygen atoms in total. The minimum Gasteiger partial charge on any atom is -0.340 e. The van der Waals surface area contributed by atoms with Crippen LogP contribution in [0, 0.1) is 0 Å². The Bertz CT molecular complexity index is 770. The van der Waals surface area contributed by atoms with E-state index in [1.54, 1.807) is 24.3 Å². The van der Waals surface area contributed by atoms with E-state index in [4.69, 9.17) is 0 Å². The molecule has 0 aliphatic carbocycles. The van der Waals surface area contributed by atoms with Gasteiger partial charge in [-0.05, 0) is 36.2 Å². The van der Waals surface area contributed by atoms with Gasteiger partial charge in [-0.3, -0.25) is 9.78 Å². The Kier molecular flexibility index (Phi) is 4.42. The molecule has 23 heavy (non-hydrogen) atoms. The average Bonchev–Trinajstić information content (AvgIpc) is 3.11. The molecule has 0 aliphatic rings. The molecule has 0 bridgehead atoms. The SMILES string of the molecule is CN(CCc1ccncc1)C(=O)c1cnn(-c2ccccc2)n1. The Morgan fingerprint density at radius 2 is 1.87 bits per heavy atom. The summed E-state index contributed by atoms with van der Waals surface area (Å²) in [6, 6.07) is 13.4. The van der Waals surface area contributed by atoms with E-state index in [1.807, 2.05) is 42.5 Å². The number of pyridine rings is 1. The molecular weight excluding hydrogens is 290 g/mol. The van der Waals surface area contributed by atoms with Crippen molar-refractivity contribution in [3.8, 4) is 5.69 Å². The molecule has 2 heterocycles. The van der Waals surface area contributed by atoms with Crippen LogP contribution in [0.2, 0.25) is 0 Å². The second kappa shape index (κ2) is 6.83. The van der Waals surface area contributed by atoms with Crippen LogP contribution in [0.3, 0.4) is 0 Å². The number of amides is 1. The third-order valence-electron chi connectivity index (χ3n) is 3.53. The van der Waals surface area contributed by atoms with Crippen molar-refractivity contribution in [1.82, 2.24) is 24.9 Å². The third kappa shape index (κ3) is 3.60. The van der Waals surface area contributed by atoms with Gasteiger partial charge in [0, 0.05) is 26.0 Å². The van der Waals surface area contributed by atoms with Gasteiger partial charge in [-0.2, -0.15) is 9.90 Å². The van der Waals surface area contributed by atoms with Crippen LogP contribution in [0.4, 0.5) is 0 Å². The number of hydrogen-bond acceptors (Lipinski definition) is 4. The predicted octanol–water partition coefficient (Wildman–Crippen LogP) is 1.98. The lowest BCUT2D eigenvalue weighted by Gasteiger charge is -2.15. The first kappa shape index (κ1) is 14.9. The molecule has 116 valence electrons. The quantitative estimate of drug-likeness (QED) is 0.723. The molecule has 1 aromatic carbocycles. The van der Waals surface area contributed by atoms with E-state index in [9.17, 15) is 4.79 Å². The van der Waals surface area contributed by atoms with Crippen molar-refractivity contribution in [3.05, 3.63) is 72.3 Å². The largest absolute Gasteiger partial charge is 0.340 e. The van der Waals surface area contributed by atoms with E-state index in [0.717, 1.165) is 17.7 Å². The van der Waals surface area contributed by atoms with E-state index >= 15 is 0 Å². The Hall–Kier alpha value is -3.02. The summed E-state index contributed by atoms with van der Waals surface area (Å²) in [5.41, 5.74) is 2.31. The summed E-state index contributed by atoms with van der Waals surface area (Å²) in [5, 5.41) is 8.42. The Labute approximate surface area is 134 Å². The third-order valence-corrected chi connectivity index (χ3v) is 3.53. The lowest BCUT2D eigenvalue weighted by atomic mass is 10.2. The Morgan fingerprint density at radius 3 is 2.61 bits per heavy atom. The highest BCUT2D eigenvalue weighted by atomic mass is 16.2. The Morgan fingerprint density at radius 1 is 1.13 bits per heavy atom. The van der Waals surface area contributed by atoms with Crippen LogP contribution >= 0.6 is 0 Å². The summed E-state index contributed by atoms with van der Waals surface area (Å²) >= 11 is 0. The van der Waals surface area contributed by atoms with Crippen LogP contribution in [0.1, 0.15) is 16.1 Å². The van der Waals surface area contributed by atoms with Crippen molar-refractivity contribution in [1.29, 1.82) is 0 Å². The molecule has 3 aromatic rings. The van der Waals surface area contributed by atoms with Gasteiger partial charge in [0.25, 0.3) is 5.91 Å². The van der Waals surface area contributed by atoms with Gasteiger partial charge in [-0.1, -0.05) is 18.2 Å². The van der Waals surface area contributed by atoms with Crippen molar-refractivity contribution in [2.24, 2.45) is 0 Å². The topological polar surface area (TPSA) is 63.9 Å². The molecule has 3 rings (SSSR count). The van der Waals surface area contributed by atoms with Crippen molar-refractivity contribution in [3.63, 3.8) is 0 Å². The monoisotopic (exact) mass is 307 g/mol. The number of nitrogens with zero attached hydrogens (tertiary/aromatic N) is 5. The minimum atomic E-state index is -0.138. The molecule has 2 aromatic heterocycles. The molecule has 6 heteroatoms. The summed E-state index contributed by atoms with van der Waals surface area (Å²) in [7, 11) is 1.77. The maximum atomic E-state index is 12.4. The van der Waals surface area contributed by atoms with E-state index in [-0.39, 0.29) is 5.91 Å². The number of carbonyl (C=O) groups excluding carboxylic acids is 1. The maximum Gasteiger partial charge on any atom is 0.275 e. The van der Waals surface area contributed by atoms with Crippen molar-refractivity contribution in [2.75, 3.05) is 13.6 Å². The molecule has 0 spiro atoms. The smallest absolute Gasteiger partial charge is 0.275 e. The second-order valence-electron chi connectivity index (χ2n) is 5.19. The summed E-state index contributed by atoms with van der Waals surface area (Å²) < 4.78 is 0.